The Bertz CT molecular complexity index is 1010. The van der Waals surface area contributed by atoms with Crippen molar-refractivity contribution in [1.82, 2.24) is 14.5 Å². The Morgan fingerprint density at radius 3 is 2.62 bits per heavy atom. The average molecular weight is 494 g/mol. The number of piperidine rings is 1. The number of nitrogens with one attached hydrogen (secondary N) is 1. The molecule has 3 N–H and O–H groups in total. The fraction of sp³-hybridized carbons (Fsp3) is 0.652. The molecule has 1 atom stereocenters. The number of amides is 2. The molecular weight excluding hydrogens is 458 g/mol. The van der Waals surface area contributed by atoms with Gasteiger partial charge in [-0.2, -0.15) is 4.72 Å². The lowest BCUT2D eigenvalue weighted by Gasteiger charge is -2.29. The van der Waals surface area contributed by atoms with Gasteiger partial charge in [0.05, 0.1) is 12.8 Å². The molecule has 1 aliphatic carbocycles. The molecule has 11 heteroatoms. The van der Waals surface area contributed by atoms with Gasteiger partial charge < -0.3 is 20.3 Å². The standard InChI is InChI=1S/C23H35N5O5S/c1-33-22-19(28-13-3-2-8-21(28)29)6-4-7-20(22)34(31,32)25-18(16-24)23(30)27-12-5-11-26(14-15-27)17-9-10-17/h4,6-7,17-18,25H,2-3,5,8-16,24H2,1H3/t18-/m0/s1. The maximum Gasteiger partial charge on any atom is 0.245 e. The van der Waals surface area contributed by atoms with Gasteiger partial charge in [-0.25, -0.2) is 8.42 Å². The first-order valence-corrected chi connectivity index (χ1v) is 13.6. The summed E-state index contributed by atoms with van der Waals surface area (Å²) in [7, 11) is -2.78. The van der Waals surface area contributed by atoms with Gasteiger partial charge in [-0.1, -0.05) is 6.07 Å². The smallest absolute Gasteiger partial charge is 0.245 e. The van der Waals surface area contributed by atoms with Crippen molar-refractivity contribution in [2.45, 2.75) is 55.5 Å². The highest BCUT2D eigenvalue weighted by Gasteiger charge is 2.35. The Hall–Kier alpha value is -2.21. The van der Waals surface area contributed by atoms with Gasteiger partial charge in [0.15, 0.2) is 5.75 Å². The molecule has 2 amide bonds. The zero-order valence-corrected chi connectivity index (χ0v) is 20.6. The van der Waals surface area contributed by atoms with Gasteiger partial charge in [-0.05, 0) is 44.2 Å². The number of para-hydroxylation sites is 1. The molecule has 1 saturated carbocycles. The predicted molar refractivity (Wildman–Crippen MR) is 128 cm³/mol. The van der Waals surface area contributed by atoms with Crippen LogP contribution >= 0.6 is 0 Å². The van der Waals surface area contributed by atoms with Crippen LogP contribution in [0.15, 0.2) is 23.1 Å². The first kappa shape index (κ1) is 24.9. The Kier molecular flexibility index (Phi) is 7.76. The van der Waals surface area contributed by atoms with Crippen LogP contribution in [0, 0.1) is 0 Å². The molecule has 188 valence electrons. The summed E-state index contributed by atoms with van der Waals surface area (Å²) in [5, 5.41) is 0. The summed E-state index contributed by atoms with van der Waals surface area (Å²) in [6.45, 7) is 3.23. The van der Waals surface area contributed by atoms with Crippen molar-refractivity contribution in [2.24, 2.45) is 5.73 Å². The second-order valence-electron chi connectivity index (χ2n) is 9.17. The monoisotopic (exact) mass is 493 g/mol. The third kappa shape index (κ3) is 5.37. The van der Waals surface area contributed by atoms with Crippen molar-refractivity contribution >= 4 is 27.5 Å². The number of carbonyl (C=O) groups excluding carboxylic acids is 2. The molecule has 10 nitrogen and oxygen atoms in total. The van der Waals surface area contributed by atoms with Crippen molar-refractivity contribution in [3.05, 3.63) is 18.2 Å². The van der Waals surface area contributed by atoms with E-state index in [2.05, 4.69) is 9.62 Å². The van der Waals surface area contributed by atoms with Crippen LogP contribution in [0.25, 0.3) is 0 Å². The fourth-order valence-corrected chi connectivity index (χ4v) is 6.22. The van der Waals surface area contributed by atoms with E-state index in [1.165, 1.54) is 26.0 Å². The molecule has 2 aliphatic heterocycles. The number of carbonyl (C=O) groups is 2. The lowest BCUT2D eigenvalue weighted by molar-refractivity contribution is -0.132. The number of nitrogens with zero attached hydrogens (tertiary/aromatic N) is 3. The number of ether oxygens (including phenoxy) is 1. The van der Waals surface area contributed by atoms with E-state index in [1.54, 1.807) is 21.9 Å². The van der Waals surface area contributed by atoms with E-state index < -0.39 is 16.1 Å². The number of hydrogen-bond donors (Lipinski definition) is 2. The van der Waals surface area contributed by atoms with E-state index in [-0.39, 0.29) is 29.0 Å². The van der Waals surface area contributed by atoms with Crippen LogP contribution < -0.4 is 20.1 Å². The highest BCUT2D eigenvalue weighted by molar-refractivity contribution is 7.89. The number of rotatable bonds is 8. The van der Waals surface area contributed by atoms with Crippen molar-refractivity contribution in [2.75, 3.05) is 51.3 Å². The molecule has 34 heavy (non-hydrogen) atoms. The van der Waals surface area contributed by atoms with Crippen LogP contribution in [0.3, 0.4) is 0 Å². The molecule has 4 rings (SSSR count). The molecular formula is C23H35N5O5S. The van der Waals surface area contributed by atoms with Crippen LogP contribution in [0.5, 0.6) is 5.75 Å². The molecule has 0 radical (unpaired) electrons. The van der Waals surface area contributed by atoms with Crippen molar-refractivity contribution in [1.29, 1.82) is 0 Å². The largest absolute Gasteiger partial charge is 0.493 e. The van der Waals surface area contributed by atoms with Gasteiger partial charge in [0.1, 0.15) is 10.9 Å². The molecule has 1 aromatic rings. The summed E-state index contributed by atoms with van der Waals surface area (Å²) in [5.74, 6) is -0.295. The van der Waals surface area contributed by atoms with Crippen LogP contribution in [0.4, 0.5) is 5.69 Å². The SMILES string of the molecule is COc1c(N2CCCCC2=O)cccc1S(=O)(=O)N[C@@H](CN)C(=O)N1CCCN(C2CC2)CC1. The lowest BCUT2D eigenvalue weighted by Crippen LogP contribution is -2.52. The average Bonchev–Trinajstić information content (AvgIpc) is 3.69. The molecule has 0 unspecified atom stereocenters. The number of anilines is 1. The third-order valence-electron chi connectivity index (χ3n) is 6.80. The summed E-state index contributed by atoms with van der Waals surface area (Å²) in [4.78, 5) is 31.2. The van der Waals surface area contributed by atoms with E-state index in [0.717, 1.165) is 32.4 Å². The summed E-state index contributed by atoms with van der Waals surface area (Å²) in [6.07, 6.45) is 5.34. The van der Waals surface area contributed by atoms with E-state index in [9.17, 15) is 18.0 Å². The minimum atomic E-state index is -4.15. The molecule has 0 spiro atoms. The van der Waals surface area contributed by atoms with Crippen LogP contribution in [-0.2, 0) is 19.6 Å². The van der Waals surface area contributed by atoms with Crippen LogP contribution in [-0.4, -0.2) is 88.5 Å². The number of hydrogen-bond acceptors (Lipinski definition) is 7. The van der Waals surface area contributed by atoms with E-state index in [4.69, 9.17) is 10.5 Å². The summed E-state index contributed by atoms with van der Waals surface area (Å²) in [5.41, 5.74) is 6.27. The number of nitrogens with two attached hydrogens (primary N) is 1. The highest BCUT2D eigenvalue weighted by atomic mass is 32.2. The number of benzene rings is 1. The van der Waals surface area contributed by atoms with Crippen molar-refractivity contribution in [3.8, 4) is 5.75 Å². The zero-order chi connectivity index (χ0) is 24.3. The summed E-state index contributed by atoms with van der Waals surface area (Å²) < 4.78 is 34.7. The molecule has 3 aliphatic rings. The zero-order valence-electron chi connectivity index (χ0n) is 19.7. The van der Waals surface area contributed by atoms with Gasteiger partial charge in [0.2, 0.25) is 21.8 Å². The second-order valence-corrected chi connectivity index (χ2v) is 10.8. The van der Waals surface area contributed by atoms with Crippen molar-refractivity contribution < 1.29 is 22.7 Å². The topological polar surface area (TPSA) is 125 Å². The van der Waals surface area contributed by atoms with E-state index in [0.29, 0.717) is 37.8 Å². The van der Waals surface area contributed by atoms with Crippen LogP contribution in [0.1, 0.15) is 38.5 Å². The molecule has 0 aromatic heterocycles. The summed E-state index contributed by atoms with van der Waals surface area (Å²) in [6, 6.07) is 4.22. The van der Waals surface area contributed by atoms with Crippen molar-refractivity contribution in [3.63, 3.8) is 0 Å². The second kappa shape index (κ2) is 10.6. The van der Waals surface area contributed by atoms with Gasteiger partial charge in [0.25, 0.3) is 0 Å². The minimum Gasteiger partial charge on any atom is -0.493 e. The van der Waals surface area contributed by atoms with Crippen LogP contribution in [0.2, 0.25) is 0 Å². The Balaban J connectivity index is 1.52. The van der Waals surface area contributed by atoms with E-state index >= 15 is 0 Å². The number of sulfonamides is 1. The minimum absolute atomic E-state index is 0.0662. The first-order chi connectivity index (χ1) is 16.4. The van der Waals surface area contributed by atoms with Gasteiger partial charge >= 0.3 is 0 Å². The highest BCUT2D eigenvalue weighted by Crippen LogP contribution is 2.36. The normalized spacial score (nSPS) is 21.3. The Morgan fingerprint density at radius 2 is 1.94 bits per heavy atom. The molecule has 2 saturated heterocycles. The molecule has 2 heterocycles. The third-order valence-corrected chi connectivity index (χ3v) is 8.30. The molecule has 1 aromatic carbocycles. The van der Waals surface area contributed by atoms with E-state index in [1.807, 2.05) is 0 Å². The number of methoxy groups -OCH3 is 1. The lowest BCUT2D eigenvalue weighted by atomic mass is 10.1. The predicted octanol–water partition coefficient (Wildman–Crippen LogP) is 0.514. The fourth-order valence-electron chi connectivity index (χ4n) is 4.83. The summed E-state index contributed by atoms with van der Waals surface area (Å²) >= 11 is 0. The maximum absolute atomic E-state index is 13.4. The maximum atomic E-state index is 13.4. The Morgan fingerprint density at radius 1 is 1.15 bits per heavy atom. The van der Waals surface area contributed by atoms with Gasteiger partial charge in [0, 0.05) is 51.7 Å². The quantitative estimate of drug-likeness (QED) is 0.541. The Labute approximate surface area is 201 Å². The van der Waals surface area contributed by atoms with Gasteiger partial charge in [-0.15, -0.1) is 0 Å². The molecule has 0 bridgehead atoms. The first-order valence-electron chi connectivity index (χ1n) is 12.1. The van der Waals surface area contributed by atoms with Gasteiger partial charge in [-0.3, -0.25) is 14.5 Å². The molecule has 3 fully saturated rings.